The number of allylic oxidation sites excluding steroid dienone is 2. The first-order chi connectivity index (χ1) is 17.1. The smallest absolute Gasteiger partial charge is 0.192 e. The second-order valence-electron chi connectivity index (χ2n) is 13.8. The van der Waals surface area contributed by atoms with E-state index in [2.05, 4.69) is 67.6 Å². The molecule has 0 amide bonds. The summed E-state index contributed by atoms with van der Waals surface area (Å²) in [7, 11) is -2.09. The third-order valence-corrected chi connectivity index (χ3v) is 13.2. The van der Waals surface area contributed by atoms with Crippen molar-refractivity contribution >= 4 is 13.9 Å². The molecule has 1 aromatic heterocycles. The maximum absolute atomic E-state index is 13.8. The monoisotopic (exact) mass is 523 g/mol. The summed E-state index contributed by atoms with van der Waals surface area (Å²) < 4.78 is 21.0. The highest BCUT2D eigenvalue weighted by Crippen LogP contribution is 2.52. The predicted molar refractivity (Wildman–Crippen MR) is 154 cm³/mol. The van der Waals surface area contributed by atoms with Gasteiger partial charge in [0.1, 0.15) is 11.9 Å². The zero-order valence-electron chi connectivity index (χ0n) is 24.3. The Morgan fingerprint density at radius 3 is 2.32 bits per heavy atom. The van der Waals surface area contributed by atoms with Crippen molar-refractivity contribution in [2.75, 3.05) is 0 Å². The van der Waals surface area contributed by atoms with Crippen molar-refractivity contribution in [2.45, 2.75) is 117 Å². The minimum Gasteiger partial charge on any atom is -0.410 e. The molecule has 0 saturated carbocycles. The quantitative estimate of drug-likeness (QED) is 0.384. The summed E-state index contributed by atoms with van der Waals surface area (Å²) in [6, 6.07) is 6.26. The highest BCUT2D eigenvalue weighted by Gasteiger charge is 2.45. The van der Waals surface area contributed by atoms with Gasteiger partial charge >= 0.3 is 0 Å². The molecule has 0 saturated heterocycles. The molecule has 0 bridgehead atoms. The second kappa shape index (κ2) is 10.1. The van der Waals surface area contributed by atoms with E-state index in [0.717, 1.165) is 54.6 Å². The standard InChI is InChI=1S/C32H46FNO2Si/c1-20(2)29-28(30(35)22-14-16-23(33)17-15-22)26(21-12-10-11-13-21)27-24(34-29)18-32(6,7)19-25(27)36-37(8,9)31(3,4)5/h12,14-17,20,25,30,35H,10-11,13,18-19H2,1-9H3/t25-,30?/m0/s1. The van der Waals surface area contributed by atoms with Gasteiger partial charge in [-0.3, -0.25) is 4.98 Å². The Hall–Kier alpha value is -1.82. The van der Waals surface area contributed by atoms with E-state index in [1.165, 1.54) is 23.3 Å². The first-order valence-corrected chi connectivity index (χ1v) is 16.9. The topological polar surface area (TPSA) is 42.4 Å². The number of aliphatic hydroxyl groups excluding tert-OH is 1. The van der Waals surface area contributed by atoms with Gasteiger partial charge in [0.05, 0.1) is 6.10 Å². The third kappa shape index (κ3) is 5.64. The Kier molecular flexibility index (Phi) is 7.66. The molecule has 1 aromatic carbocycles. The minimum absolute atomic E-state index is 0.0657. The molecule has 2 atom stereocenters. The van der Waals surface area contributed by atoms with Gasteiger partial charge in [-0.1, -0.05) is 66.7 Å². The maximum Gasteiger partial charge on any atom is 0.192 e. The molecule has 0 fully saturated rings. The first kappa shape index (κ1) is 28.2. The molecule has 0 spiro atoms. The van der Waals surface area contributed by atoms with E-state index in [4.69, 9.17) is 9.41 Å². The van der Waals surface area contributed by atoms with Crippen LogP contribution in [0.25, 0.3) is 5.57 Å². The lowest BCUT2D eigenvalue weighted by Crippen LogP contribution is -2.44. The van der Waals surface area contributed by atoms with Gasteiger partial charge in [-0.05, 0) is 90.4 Å². The maximum atomic E-state index is 13.8. The van der Waals surface area contributed by atoms with Gasteiger partial charge in [-0.2, -0.15) is 0 Å². The summed E-state index contributed by atoms with van der Waals surface area (Å²) in [6.07, 6.45) is 6.40. The van der Waals surface area contributed by atoms with Gasteiger partial charge < -0.3 is 9.53 Å². The van der Waals surface area contributed by atoms with E-state index < -0.39 is 14.4 Å². The van der Waals surface area contributed by atoms with Crippen molar-refractivity contribution in [1.82, 2.24) is 4.98 Å². The van der Waals surface area contributed by atoms with Crippen LogP contribution >= 0.6 is 0 Å². The van der Waals surface area contributed by atoms with E-state index in [1.807, 2.05) is 0 Å². The van der Waals surface area contributed by atoms with Crippen LogP contribution in [0, 0.1) is 11.2 Å². The zero-order valence-corrected chi connectivity index (χ0v) is 25.3. The summed E-state index contributed by atoms with van der Waals surface area (Å²) >= 11 is 0. The van der Waals surface area contributed by atoms with E-state index in [0.29, 0.717) is 5.56 Å². The molecule has 4 rings (SSSR count). The van der Waals surface area contributed by atoms with Crippen LogP contribution in [0.4, 0.5) is 4.39 Å². The normalized spacial score (nSPS) is 20.6. The van der Waals surface area contributed by atoms with Crippen molar-refractivity contribution in [2.24, 2.45) is 5.41 Å². The Morgan fingerprint density at radius 2 is 1.78 bits per heavy atom. The Morgan fingerprint density at radius 1 is 1.14 bits per heavy atom. The Balaban J connectivity index is 2.02. The van der Waals surface area contributed by atoms with Crippen LogP contribution in [0.1, 0.15) is 126 Å². The molecule has 3 nitrogen and oxygen atoms in total. The third-order valence-electron chi connectivity index (χ3n) is 8.70. The zero-order chi connectivity index (χ0) is 27.3. The number of benzene rings is 1. The number of hydrogen-bond donors (Lipinski definition) is 1. The number of halogens is 1. The molecule has 1 N–H and O–H groups in total. The first-order valence-electron chi connectivity index (χ1n) is 14.0. The summed E-state index contributed by atoms with van der Waals surface area (Å²) in [4.78, 5) is 5.32. The summed E-state index contributed by atoms with van der Waals surface area (Å²) in [5.74, 6) is -0.159. The van der Waals surface area contributed by atoms with Crippen LogP contribution in [0.15, 0.2) is 30.3 Å². The van der Waals surface area contributed by atoms with Crippen LogP contribution in [-0.4, -0.2) is 18.4 Å². The van der Waals surface area contributed by atoms with E-state index in [-0.39, 0.29) is 28.3 Å². The highest BCUT2D eigenvalue weighted by molar-refractivity contribution is 6.74. The van der Waals surface area contributed by atoms with Gasteiger partial charge in [-0.15, -0.1) is 0 Å². The van der Waals surface area contributed by atoms with Crippen LogP contribution in [0.3, 0.4) is 0 Å². The molecule has 37 heavy (non-hydrogen) atoms. The lowest BCUT2D eigenvalue weighted by Gasteiger charge is -2.45. The van der Waals surface area contributed by atoms with Crippen molar-refractivity contribution in [3.8, 4) is 0 Å². The average Bonchev–Trinajstić information content (AvgIpc) is 3.30. The fraction of sp³-hybridized carbons (Fsp3) is 0.594. The van der Waals surface area contributed by atoms with Gasteiger partial charge in [0.25, 0.3) is 0 Å². The van der Waals surface area contributed by atoms with E-state index in [9.17, 15) is 9.50 Å². The van der Waals surface area contributed by atoms with Gasteiger partial charge in [0.15, 0.2) is 8.32 Å². The van der Waals surface area contributed by atoms with Crippen LogP contribution < -0.4 is 0 Å². The van der Waals surface area contributed by atoms with Gasteiger partial charge in [-0.25, -0.2) is 4.39 Å². The molecule has 0 aliphatic heterocycles. The average molecular weight is 524 g/mol. The number of rotatable bonds is 6. The summed E-state index contributed by atoms with van der Waals surface area (Å²) in [5.41, 5.74) is 7.38. The number of aromatic nitrogens is 1. The lowest BCUT2D eigenvalue weighted by atomic mass is 9.71. The largest absolute Gasteiger partial charge is 0.410 e. The molecule has 2 aromatic rings. The SMILES string of the molecule is CC(C)c1nc2c(c(C3=CCCC3)c1C(O)c1ccc(F)cc1)[C@@H](O[Si](C)(C)C(C)(C)C)CC(C)(C)C2. The molecule has 5 heteroatoms. The fourth-order valence-corrected chi connectivity index (χ4v) is 6.97. The molecular weight excluding hydrogens is 477 g/mol. The van der Waals surface area contributed by atoms with Crippen LogP contribution in [0.2, 0.25) is 18.1 Å². The fourth-order valence-electron chi connectivity index (χ4n) is 5.70. The summed E-state index contributed by atoms with van der Waals surface area (Å²) in [6.45, 7) is 20.5. The van der Waals surface area contributed by atoms with Crippen molar-refractivity contribution in [3.63, 3.8) is 0 Å². The molecular formula is C32H46FNO2Si. The predicted octanol–water partition coefficient (Wildman–Crippen LogP) is 9.03. The van der Waals surface area contributed by atoms with Crippen LogP contribution in [-0.2, 0) is 10.8 Å². The van der Waals surface area contributed by atoms with Crippen molar-refractivity contribution < 1.29 is 13.9 Å². The lowest BCUT2D eigenvalue weighted by molar-refractivity contribution is 0.105. The Labute approximate surface area is 224 Å². The molecule has 1 unspecified atom stereocenters. The molecule has 0 radical (unpaired) electrons. The Bertz CT molecular complexity index is 1170. The van der Waals surface area contributed by atoms with Crippen molar-refractivity contribution in [1.29, 1.82) is 0 Å². The molecule has 2 aliphatic carbocycles. The van der Waals surface area contributed by atoms with E-state index in [1.54, 1.807) is 12.1 Å². The molecule has 2 aliphatic rings. The number of aliphatic hydroxyl groups is 1. The highest BCUT2D eigenvalue weighted by atomic mass is 28.4. The van der Waals surface area contributed by atoms with Gasteiger partial charge in [0.2, 0.25) is 0 Å². The summed E-state index contributed by atoms with van der Waals surface area (Å²) in [5, 5.41) is 12.0. The number of pyridine rings is 1. The minimum atomic E-state index is -2.09. The molecule has 1 heterocycles. The molecule has 202 valence electrons. The van der Waals surface area contributed by atoms with Crippen LogP contribution in [0.5, 0.6) is 0 Å². The number of hydrogen-bond acceptors (Lipinski definition) is 3. The van der Waals surface area contributed by atoms with Crippen molar-refractivity contribution in [3.05, 3.63) is 69.8 Å². The number of nitrogens with zero attached hydrogens (tertiary/aromatic N) is 1. The van der Waals surface area contributed by atoms with E-state index >= 15 is 0 Å². The van der Waals surface area contributed by atoms with Gasteiger partial charge in [0, 0.05) is 22.5 Å². The second-order valence-corrected chi connectivity index (χ2v) is 18.5. The number of fused-ring (bicyclic) bond motifs is 1.